The molecule has 4 heteroatoms. The van der Waals surface area contributed by atoms with E-state index in [9.17, 15) is 4.79 Å². The van der Waals surface area contributed by atoms with Gasteiger partial charge in [-0.2, -0.15) is 0 Å². The zero-order chi connectivity index (χ0) is 19.8. The van der Waals surface area contributed by atoms with Crippen LogP contribution in [0.4, 0.5) is 0 Å². The van der Waals surface area contributed by atoms with E-state index in [1.54, 1.807) is 6.92 Å². The van der Waals surface area contributed by atoms with Gasteiger partial charge in [0.1, 0.15) is 18.1 Å². The smallest absolute Gasteiger partial charge is 0.260 e. The van der Waals surface area contributed by atoms with Gasteiger partial charge in [0.05, 0.1) is 6.54 Å². The molecule has 0 saturated carbocycles. The number of hydrogen-bond acceptors (Lipinski definition) is 3. The molecule has 0 aliphatic carbocycles. The fourth-order valence-electron chi connectivity index (χ4n) is 3.03. The maximum atomic E-state index is 12.2. The van der Waals surface area contributed by atoms with Crippen LogP contribution in [0.15, 0.2) is 66.7 Å². The molecule has 3 aromatic carbocycles. The normalized spacial score (nSPS) is 11.8. The molecule has 0 aromatic heterocycles. The van der Waals surface area contributed by atoms with Crippen molar-refractivity contribution in [2.45, 2.75) is 32.8 Å². The number of ether oxygens (including phenoxy) is 2. The summed E-state index contributed by atoms with van der Waals surface area (Å²) in [7, 11) is 0. The molecule has 28 heavy (non-hydrogen) atoms. The van der Waals surface area contributed by atoms with E-state index in [-0.39, 0.29) is 5.91 Å². The first kappa shape index (κ1) is 19.7. The molecule has 0 aliphatic heterocycles. The zero-order valence-electron chi connectivity index (χ0n) is 16.5. The Balaban J connectivity index is 1.42. The van der Waals surface area contributed by atoms with Crippen molar-refractivity contribution in [3.63, 3.8) is 0 Å². The number of rotatable bonds is 9. The van der Waals surface area contributed by atoms with Crippen LogP contribution in [0.2, 0.25) is 0 Å². The molecule has 0 fully saturated rings. The van der Waals surface area contributed by atoms with Crippen LogP contribution in [0.1, 0.15) is 25.8 Å². The maximum Gasteiger partial charge on any atom is 0.260 e. The number of carbonyl (C=O) groups excluding carboxylic acids is 1. The molecule has 3 aromatic rings. The van der Waals surface area contributed by atoms with Gasteiger partial charge in [0.25, 0.3) is 5.91 Å². The Bertz CT molecular complexity index is 905. The number of nitrogens with one attached hydrogen (secondary N) is 1. The highest BCUT2D eigenvalue weighted by molar-refractivity contribution is 5.84. The average Bonchev–Trinajstić information content (AvgIpc) is 2.72. The van der Waals surface area contributed by atoms with Gasteiger partial charge in [-0.05, 0) is 53.9 Å². The Hall–Kier alpha value is -3.01. The van der Waals surface area contributed by atoms with Gasteiger partial charge in [-0.1, -0.05) is 55.8 Å². The third kappa shape index (κ3) is 5.49. The summed E-state index contributed by atoms with van der Waals surface area (Å²) in [5, 5.41) is 5.09. The van der Waals surface area contributed by atoms with Crippen LogP contribution in [0, 0.1) is 0 Å². The first-order valence-corrected chi connectivity index (χ1v) is 9.80. The number of carbonyl (C=O) groups is 1. The Morgan fingerprint density at radius 2 is 1.68 bits per heavy atom. The summed E-state index contributed by atoms with van der Waals surface area (Å²) in [5.74, 6) is 1.34. The minimum atomic E-state index is -0.575. The molecule has 0 heterocycles. The molecule has 1 N–H and O–H groups in total. The molecule has 3 rings (SSSR count). The number of hydrogen-bond donors (Lipinski definition) is 1. The van der Waals surface area contributed by atoms with Gasteiger partial charge in [-0.25, -0.2) is 0 Å². The monoisotopic (exact) mass is 377 g/mol. The molecule has 1 atom stereocenters. The molecule has 0 saturated heterocycles. The van der Waals surface area contributed by atoms with Crippen LogP contribution in [0.25, 0.3) is 10.8 Å². The van der Waals surface area contributed by atoms with Crippen molar-refractivity contribution in [1.82, 2.24) is 5.32 Å². The van der Waals surface area contributed by atoms with E-state index in [2.05, 4.69) is 24.4 Å². The molecule has 0 unspecified atom stereocenters. The Morgan fingerprint density at radius 3 is 2.43 bits per heavy atom. The third-order valence-corrected chi connectivity index (χ3v) is 4.54. The molecule has 1 amide bonds. The molecular weight excluding hydrogens is 350 g/mol. The van der Waals surface area contributed by atoms with E-state index in [4.69, 9.17) is 9.47 Å². The van der Waals surface area contributed by atoms with Crippen LogP contribution in [0.3, 0.4) is 0 Å². The van der Waals surface area contributed by atoms with Gasteiger partial charge in [0, 0.05) is 0 Å². The van der Waals surface area contributed by atoms with Crippen molar-refractivity contribution in [2.75, 3.05) is 13.2 Å². The van der Waals surface area contributed by atoms with Gasteiger partial charge in [-0.15, -0.1) is 0 Å². The van der Waals surface area contributed by atoms with Crippen molar-refractivity contribution < 1.29 is 14.3 Å². The summed E-state index contributed by atoms with van der Waals surface area (Å²) in [4.78, 5) is 12.2. The van der Waals surface area contributed by atoms with Crippen LogP contribution < -0.4 is 14.8 Å². The zero-order valence-corrected chi connectivity index (χ0v) is 16.5. The van der Waals surface area contributed by atoms with E-state index >= 15 is 0 Å². The summed E-state index contributed by atoms with van der Waals surface area (Å²) in [6, 6.07) is 22.0. The SMILES string of the molecule is CCCc1ccc(OCCNC(=O)[C@H](C)Oc2ccc3ccccc3c2)cc1. The highest BCUT2D eigenvalue weighted by atomic mass is 16.5. The van der Waals surface area contributed by atoms with E-state index in [0.717, 1.165) is 29.4 Å². The van der Waals surface area contributed by atoms with Gasteiger partial charge in [0.15, 0.2) is 6.10 Å². The molecule has 4 nitrogen and oxygen atoms in total. The van der Waals surface area contributed by atoms with Crippen LogP contribution in [0.5, 0.6) is 11.5 Å². The largest absolute Gasteiger partial charge is 0.492 e. The van der Waals surface area contributed by atoms with Crippen LogP contribution >= 0.6 is 0 Å². The first-order valence-electron chi connectivity index (χ1n) is 9.80. The second kappa shape index (κ2) is 9.79. The fourth-order valence-corrected chi connectivity index (χ4v) is 3.03. The molecule has 0 radical (unpaired) electrons. The van der Waals surface area contributed by atoms with Gasteiger partial charge >= 0.3 is 0 Å². The highest BCUT2D eigenvalue weighted by Crippen LogP contribution is 2.21. The minimum absolute atomic E-state index is 0.157. The van der Waals surface area contributed by atoms with Crippen molar-refractivity contribution in [2.24, 2.45) is 0 Å². The third-order valence-electron chi connectivity index (χ3n) is 4.54. The van der Waals surface area contributed by atoms with Crippen molar-refractivity contribution >= 4 is 16.7 Å². The highest BCUT2D eigenvalue weighted by Gasteiger charge is 2.14. The maximum absolute atomic E-state index is 12.2. The van der Waals surface area contributed by atoms with Gasteiger partial charge in [-0.3, -0.25) is 4.79 Å². The van der Waals surface area contributed by atoms with Crippen LogP contribution in [-0.2, 0) is 11.2 Å². The lowest BCUT2D eigenvalue weighted by Gasteiger charge is -2.15. The Kier molecular flexibility index (Phi) is 6.90. The number of amides is 1. The van der Waals surface area contributed by atoms with Crippen molar-refractivity contribution in [3.05, 3.63) is 72.3 Å². The predicted molar refractivity (Wildman–Crippen MR) is 113 cm³/mol. The van der Waals surface area contributed by atoms with Crippen molar-refractivity contribution in [3.8, 4) is 11.5 Å². The number of fused-ring (bicyclic) bond motifs is 1. The van der Waals surface area contributed by atoms with Crippen LogP contribution in [-0.4, -0.2) is 25.2 Å². The van der Waals surface area contributed by atoms with Gasteiger partial charge < -0.3 is 14.8 Å². The quantitative estimate of drug-likeness (QED) is 0.547. The lowest BCUT2D eigenvalue weighted by Crippen LogP contribution is -2.38. The summed E-state index contributed by atoms with van der Waals surface area (Å²) in [5.41, 5.74) is 1.31. The van der Waals surface area contributed by atoms with E-state index in [0.29, 0.717) is 18.9 Å². The molecule has 0 spiro atoms. The molecular formula is C24H27NO3. The lowest BCUT2D eigenvalue weighted by molar-refractivity contribution is -0.127. The average molecular weight is 377 g/mol. The first-order chi connectivity index (χ1) is 13.7. The molecule has 146 valence electrons. The second-order valence-corrected chi connectivity index (χ2v) is 6.80. The summed E-state index contributed by atoms with van der Waals surface area (Å²) in [6.45, 7) is 4.76. The molecule has 0 bridgehead atoms. The topological polar surface area (TPSA) is 47.6 Å². The molecule has 0 aliphatic rings. The van der Waals surface area contributed by atoms with E-state index in [1.807, 2.05) is 54.6 Å². The minimum Gasteiger partial charge on any atom is -0.492 e. The number of aryl methyl sites for hydroxylation is 1. The Labute approximate surface area is 166 Å². The fraction of sp³-hybridized carbons (Fsp3) is 0.292. The van der Waals surface area contributed by atoms with Gasteiger partial charge in [0.2, 0.25) is 0 Å². The summed E-state index contributed by atoms with van der Waals surface area (Å²) in [6.07, 6.45) is 1.63. The standard InChI is InChI=1S/C24H27NO3/c1-3-6-19-9-12-22(13-10-19)27-16-15-25-24(26)18(2)28-23-14-11-20-7-4-5-8-21(20)17-23/h4-5,7-14,17-18H,3,6,15-16H2,1-2H3,(H,25,26)/t18-/m0/s1. The Morgan fingerprint density at radius 1 is 0.964 bits per heavy atom. The van der Waals surface area contributed by atoms with E-state index in [1.165, 1.54) is 5.56 Å². The summed E-state index contributed by atoms with van der Waals surface area (Å²) < 4.78 is 11.5. The lowest BCUT2D eigenvalue weighted by atomic mass is 10.1. The second-order valence-electron chi connectivity index (χ2n) is 6.80. The predicted octanol–water partition coefficient (Wildman–Crippen LogP) is 4.75. The van der Waals surface area contributed by atoms with Crippen molar-refractivity contribution in [1.29, 1.82) is 0 Å². The summed E-state index contributed by atoms with van der Waals surface area (Å²) >= 11 is 0. The van der Waals surface area contributed by atoms with E-state index < -0.39 is 6.10 Å². The number of benzene rings is 3.